The van der Waals surface area contributed by atoms with Gasteiger partial charge in [-0.2, -0.15) is 0 Å². The molecule has 1 rings (SSSR count). The van der Waals surface area contributed by atoms with E-state index in [1.54, 1.807) is 24.3 Å². The predicted octanol–water partition coefficient (Wildman–Crippen LogP) is 1.67. The summed E-state index contributed by atoms with van der Waals surface area (Å²) in [6, 6.07) is 6.67. The highest BCUT2D eigenvalue weighted by Gasteiger charge is 1.89. The van der Waals surface area contributed by atoms with Crippen LogP contribution >= 0.6 is 11.6 Å². The summed E-state index contributed by atoms with van der Waals surface area (Å²) in [4.78, 5) is 8.78. The van der Waals surface area contributed by atoms with Crippen LogP contribution in [0.2, 0.25) is 5.02 Å². The Morgan fingerprint density at radius 3 is 2.08 bits per heavy atom. The number of nitrogens with two attached hydrogens (primary N) is 1. The molecule has 0 saturated heterocycles. The first-order valence-electron chi connectivity index (χ1n) is 2.96. The van der Waals surface area contributed by atoms with Gasteiger partial charge in [-0.3, -0.25) is 0 Å². The van der Waals surface area contributed by atoms with Crippen molar-refractivity contribution in [2.75, 3.05) is 0 Å². The van der Waals surface area contributed by atoms with Crippen LogP contribution in [0.1, 0.15) is 0 Å². The third-order valence-corrected chi connectivity index (χ3v) is 1.17. The van der Waals surface area contributed by atoms with Crippen molar-refractivity contribution < 1.29 is 15.0 Å². The van der Waals surface area contributed by atoms with E-state index in [0.29, 0.717) is 5.02 Å². The number of carboxylic acid groups (broad SMARTS) is 1. The van der Waals surface area contributed by atoms with Crippen molar-refractivity contribution in [1.82, 2.24) is 0 Å². The summed E-state index contributed by atoms with van der Waals surface area (Å²) in [6.45, 7) is 0. The Balaban J connectivity index is 0.000000261. The minimum Gasteiger partial charge on any atom is -0.506 e. The number of hydrogen-bond donors (Lipinski definition) is 3. The van der Waals surface area contributed by atoms with Gasteiger partial charge in [0.2, 0.25) is 0 Å². The first-order chi connectivity index (χ1) is 5.54. The van der Waals surface area contributed by atoms with Crippen LogP contribution in [0.25, 0.3) is 0 Å². The van der Waals surface area contributed by atoms with Gasteiger partial charge in [0.15, 0.2) is 0 Å². The van der Waals surface area contributed by atoms with Crippen molar-refractivity contribution in [1.29, 1.82) is 0 Å². The number of hydrogen-bond acceptors (Lipinski definition) is 2. The Morgan fingerprint density at radius 1 is 1.42 bits per heavy atom. The van der Waals surface area contributed by atoms with Crippen molar-refractivity contribution in [2.45, 2.75) is 0 Å². The van der Waals surface area contributed by atoms with Crippen LogP contribution in [0.4, 0.5) is 4.79 Å². The number of aromatic hydroxyl groups is 1. The number of primary amides is 1. The summed E-state index contributed by atoms with van der Waals surface area (Å²) in [5.74, 6) is 0.133. The predicted molar refractivity (Wildman–Crippen MR) is 45.3 cm³/mol. The van der Waals surface area contributed by atoms with Crippen LogP contribution in [0.15, 0.2) is 24.3 Å². The molecule has 0 radical (unpaired) electrons. The van der Waals surface area contributed by atoms with Gasteiger partial charge in [-0.15, -0.1) is 0 Å². The molecule has 4 N–H and O–H groups in total. The Morgan fingerprint density at radius 2 is 1.83 bits per heavy atom. The third kappa shape index (κ3) is 5.37. The Labute approximate surface area is 74.2 Å². The summed E-state index contributed by atoms with van der Waals surface area (Å²) in [6.07, 6.45) is -1.33. The smallest absolute Gasteiger partial charge is 0.402 e. The molecule has 0 aliphatic rings. The van der Waals surface area contributed by atoms with Gasteiger partial charge in [-0.05, 0) is 12.1 Å². The number of phenols is 1. The lowest BCUT2D eigenvalue weighted by molar-refractivity contribution is 0.205. The minimum absolute atomic E-state index is 0.133. The van der Waals surface area contributed by atoms with Crippen LogP contribution in [-0.2, 0) is 0 Å². The molecule has 1 amide bonds. The largest absolute Gasteiger partial charge is 0.506 e. The number of amides is 1. The van der Waals surface area contributed by atoms with E-state index >= 15 is 0 Å². The van der Waals surface area contributed by atoms with E-state index in [4.69, 9.17) is 26.6 Å². The van der Waals surface area contributed by atoms with Gasteiger partial charge in [-0.25, -0.2) is 4.79 Å². The van der Waals surface area contributed by atoms with Crippen LogP contribution in [-0.4, -0.2) is 16.3 Å². The first-order valence-corrected chi connectivity index (χ1v) is 3.33. The SMILES string of the molecule is NC(=O)O.Oc1ccccc1Cl. The third-order valence-electron chi connectivity index (χ3n) is 0.852. The summed E-state index contributed by atoms with van der Waals surface area (Å²) in [7, 11) is 0. The molecule has 5 heteroatoms. The number of para-hydroxylation sites is 1. The van der Waals surface area contributed by atoms with E-state index < -0.39 is 6.09 Å². The summed E-state index contributed by atoms with van der Waals surface area (Å²) >= 11 is 5.46. The molecule has 0 heterocycles. The van der Waals surface area contributed by atoms with Gasteiger partial charge >= 0.3 is 6.09 Å². The molecule has 0 bridgehead atoms. The van der Waals surface area contributed by atoms with Crippen LogP contribution in [0, 0.1) is 0 Å². The molecule has 12 heavy (non-hydrogen) atoms. The van der Waals surface area contributed by atoms with E-state index in [-0.39, 0.29) is 5.75 Å². The zero-order valence-corrected chi connectivity index (χ0v) is 6.82. The van der Waals surface area contributed by atoms with Gasteiger partial charge in [0, 0.05) is 0 Å². The molecule has 66 valence electrons. The Kier molecular flexibility index (Phi) is 4.64. The van der Waals surface area contributed by atoms with Crippen LogP contribution in [0.3, 0.4) is 0 Å². The molecule has 1 aromatic carbocycles. The standard InChI is InChI=1S/C6H5ClO.CH3NO2/c7-5-3-1-2-4-6(5)8;2-1(3)4/h1-4,8H;2H2,(H,3,4). The fraction of sp³-hybridized carbons (Fsp3) is 0. The molecule has 0 fully saturated rings. The first kappa shape index (κ1) is 10.6. The quantitative estimate of drug-likeness (QED) is 0.581. The Bertz CT molecular complexity index is 240. The summed E-state index contributed by atoms with van der Waals surface area (Å²) in [5.41, 5.74) is 4.03. The maximum atomic E-state index is 8.79. The monoisotopic (exact) mass is 189 g/mol. The molecule has 0 aliphatic carbocycles. The van der Waals surface area contributed by atoms with Gasteiger partial charge in [0.05, 0.1) is 5.02 Å². The molecule has 0 unspecified atom stereocenters. The molecule has 0 saturated carbocycles. The van der Waals surface area contributed by atoms with Crippen molar-refractivity contribution in [2.24, 2.45) is 5.73 Å². The van der Waals surface area contributed by atoms with Crippen LogP contribution in [0.5, 0.6) is 5.75 Å². The average molecular weight is 190 g/mol. The van der Waals surface area contributed by atoms with Gasteiger partial charge in [0.25, 0.3) is 0 Å². The van der Waals surface area contributed by atoms with Crippen molar-refractivity contribution >= 4 is 17.7 Å². The molecule has 0 atom stereocenters. The van der Waals surface area contributed by atoms with Crippen molar-refractivity contribution in [3.63, 3.8) is 0 Å². The van der Waals surface area contributed by atoms with Gasteiger partial charge < -0.3 is 15.9 Å². The second-order valence-corrected chi connectivity index (χ2v) is 2.20. The number of halogens is 1. The fourth-order valence-electron chi connectivity index (χ4n) is 0.452. The molecular formula is C7H8ClNO3. The molecule has 0 aromatic heterocycles. The molecular weight excluding hydrogens is 182 g/mol. The van der Waals surface area contributed by atoms with E-state index in [0.717, 1.165) is 0 Å². The average Bonchev–Trinajstić information content (AvgIpc) is 1.94. The summed E-state index contributed by atoms with van der Waals surface area (Å²) < 4.78 is 0. The number of rotatable bonds is 0. The van der Waals surface area contributed by atoms with Crippen molar-refractivity contribution in [3.8, 4) is 5.75 Å². The summed E-state index contributed by atoms with van der Waals surface area (Å²) in [5, 5.41) is 16.4. The second-order valence-electron chi connectivity index (χ2n) is 1.79. The molecule has 4 nitrogen and oxygen atoms in total. The molecule has 0 spiro atoms. The fourth-order valence-corrected chi connectivity index (χ4v) is 0.587. The van der Waals surface area contributed by atoms with Gasteiger partial charge in [0.1, 0.15) is 5.75 Å². The molecule has 0 aliphatic heterocycles. The minimum atomic E-state index is -1.33. The van der Waals surface area contributed by atoms with Crippen LogP contribution < -0.4 is 5.73 Å². The lowest BCUT2D eigenvalue weighted by atomic mass is 10.3. The normalized spacial score (nSPS) is 8.08. The zero-order valence-electron chi connectivity index (χ0n) is 6.07. The number of phenolic OH excluding ortho intramolecular Hbond substituents is 1. The number of carbonyl (C=O) groups is 1. The van der Waals surface area contributed by atoms with Gasteiger partial charge in [-0.1, -0.05) is 23.7 Å². The van der Waals surface area contributed by atoms with E-state index in [1.165, 1.54) is 0 Å². The van der Waals surface area contributed by atoms with E-state index in [2.05, 4.69) is 5.73 Å². The maximum absolute atomic E-state index is 8.79. The topological polar surface area (TPSA) is 83.6 Å². The highest BCUT2D eigenvalue weighted by Crippen LogP contribution is 2.20. The highest BCUT2D eigenvalue weighted by atomic mass is 35.5. The van der Waals surface area contributed by atoms with Crippen molar-refractivity contribution in [3.05, 3.63) is 29.3 Å². The maximum Gasteiger partial charge on any atom is 0.402 e. The highest BCUT2D eigenvalue weighted by molar-refractivity contribution is 6.31. The lowest BCUT2D eigenvalue weighted by Crippen LogP contribution is -2.03. The second kappa shape index (κ2) is 5.26. The zero-order chi connectivity index (χ0) is 9.56. The lowest BCUT2D eigenvalue weighted by Gasteiger charge is -1.89. The Hall–Kier alpha value is -1.42. The number of benzene rings is 1. The van der Waals surface area contributed by atoms with E-state index in [1.807, 2.05) is 0 Å². The van der Waals surface area contributed by atoms with E-state index in [9.17, 15) is 0 Å². The molecule has 1 aromatic rings.